The van der Waals surface area contributed by atoms with Gasteiger partial charge in [0.25, 0.3) is 0 Å². The summed E-state index contributed by atoms with van der Waals surface area (Å²) in [6.45, 7) is 8.22. The van der Waals surface area contributed by atoms with E-state index in [-0.39, 0.29) is 68.9 Å². The van der Waals surface area contributed by atoms with Crippen LogP contribution in [0.5, 0.6) is 0 Å². The topological polar surface area (TPSA) is 135 Å². The molecule has 12 heteroatoms. The molecule has 5 amide bonds. The number of amides is 5. The van der Waals surface area contributed by atoms with Gasteiger partial charge in [0.15, 0.2) is 0 Å². The Balaban J connectivity index is 1.02. The zero-order chi connectivity index (χ0) is 27.1. The van der Waals surface area contributed by atoms with E-state index in [9.17, 15) is 19.2 Å². The zero-order valence-electron chi connectivity index (χ0n) is 21.4. The van der Waals surface area contributed by atoms with Crippen molar-refractivity contribution in [2.45, 2.75) is 55.2 Å². The van der Waals surface area contributed by atoms with Gasteiger partial charge < -0.3 is 30.2 Å². The lowest BCUT2D eigenvalue weighted by Gasteiger charge is -2.19. The highest BCUT2D eigenvalue weighted by molar-refractivity contribution is 8.00. The number of carbonyl (C=O) groups excluding carboxylic acids is 4. The normalized spacial score (nSPS) is 31.4. The third-order valence-electron chi connectivity index (χ3n) is 7.31. The third-order valence-corrected chi connectivity index (χ3v) is 8.82. The van der Waals surface area contributed by atoms with Crippen molar-refractivity contribution in [1.29, 1.82) is 0 Å². The van der Waals surface area contributed by atoms with E-state index in [1.54, 1.807) is 12.2 Å². The molecule has 4 aliphatic heterocycles. The number of urea groups is 1. The number of hydrogen-bond acceptors (Lipinski definition) is 8. The Morgan fingerprint density at radius 1 is 1.13 bits per heavy atom. The molecule has 0 aromatic rings. The molecule has 0 aromatic carbocycles. The van der Waals surface area contributed by atoms with E-state index in [1.165, 1.54) is 4.90 Å². The summed E-state index contributed by atoms with van der Waals surface area (Å²) in [5.74, 6) is -0.861. The molecule has 4 saturated heterocycles. The summed E-state index contributed by atoms with van der Waals surface area (Å²) in [5.41, 5.74) is 2.64. The Morgan fingerprint density at radius 2 is 1.89 bits per heavy atom. The maximum absolute atomic E-state index is 12.8. The molecule has 4 heterocycles. The van der Waals surface area contributed by atoms with Crippen LogP contribution in [0.1, 0.15) is 25.7 Å². The van der Waals surface area contributed by atoms with Crippen LogP contribution >= 0.6 is 11.8 Å². The van der Waals surface area contributed by atoms with Gasteiger partial charge in [0, 0.05) is 17.4 Å². The second-order valence-electron chi connectivity index (χ2n) is 9.68. The van der Waals surface area contributed by atoms with E-state index in [2.05, 4.69) is 34.8 Å². The average molecular weight is 549 g/mol. The number of nitrogens with one attached hydrogen (secondary N) is 3. The van der Waals surface area contributed by atoms with Crippen molar-refractivity contribution in [3.8, 4) is 0 Å². The summed E-state index contributed by atoms with van der Waals surface area (Å²) in [6, 6.07) is 0.334. The van der Waals surface area contributed by atoms with Crippen molar-refractivity contribution in [3.05, 3.63) is 31.0 Å². The molecule has 0 saturated carbocycles. The molecule has 38 heavy (non-hydrogen) atoms. The lowest BCUT2D eigenvalue weighted by Crippen LogP contribution is -2.37. The lowest BCUT2D eigenvalue weighted by atomic mass is 9.89. The highest BCUT2D eigenvalue weighted by Crippen LogP contribution is 2.41. The molecule has 4 fully saturated rings. The molecule has 4 rings (SSSR count). The largest absolute Gasteiger partial charge is 0.377 e. The number of thioether (sulfide) groups is 1. The van der Waals surface area contributed by atoms with E-state index in [0.717, 1.165) is 25.0 Å². The first-order valence-corrected chi connectivity index (χ1v) is 14.1. The SMILES string of the molecule is C=C=CC1OC(C=C)C2C(=O)N(CCOCCOCNC(=O)CCCCC3SCC4NC(=O)NC43)C(=O)C12. The fraction of sp³-hybridized carbons (Fsp3) is 0.654. The Morgan fingerprint density at radius 3 is 2.66 bits per heavy atom. The number of unbranched alkanes of at least 4 members (excludes halogenated alkanes) is 1. The van der Waals surface area contributed by atoms with E-state index < -0.39 is 24.0 Å². The van der Waals surface area contributed by atoms with Crippen LogP contribution in [0.4, 0.5) is 4.79 Å². The Bertz CT molecular complexity index is 971. The number of fused-ring (bicyclic) bond motifs is 2. The van der Waals surface area contributed by atoms with Crippen LogP contribution < -0.4 is 16.0 Å². The second kappa shape index (κ2) is 13.4. The van der Waals surface area contributed by atoms with Crippen molar-refractivity contribution in [2.75, 3.05) is 38.8 Å². The fourth-order valence-electron chi connectivity index (χ4n) is 5.44. The Hall–Kier alpha value is -2.63. The summed E-state index contributed by atoms with van der Waals surface area (Å²) in [4.78, 5) is 50.3. The van der Waals surface area contributed by atoms with Crippen LogP contribution in [0.3, 0.4) is 0 Å². The van der Waals surface area contributed by atoms with Crippen LogP contribution in [0.25, 0.3) is 0 Å². The van der Waals surface area contributed by atoms with E-state index >= 15 is 0 Å². The average Bonchev–Trinajstić information content (AvgIpc) is 3.62. The number of ether oxygens (including phenoxy) is 3. The molecule has 3 N–H and O–H groups in total. The van der Waals surface area contributed by atoms with Gasteiger partial charge in [0.1, 0.15) is 6.73 Å². The summed E-state index contributed by atoms with van der Waals surface area (Å²) >= 11 is 1.87. The standard InChI is InChI=1S/C26H36N4O7S/c1-3-7-18-22-21(17(4-2)37-18)24(32)30(25(22)33)10-11-35-12-13-36-15-27-20(31)9-6-5-8-19-23-16(14-38-19)28-26(34)29-23/h4,7,16-19,21-23H,1-2,5-6,8-15H2,(H,27,31)(H2,28,29,34). The predicted octanol–water partition coefficient (Wildman–Crippen LogP) is 0.715. The molecule has 0 spiro atoms. The number of hydrogen-bond donors (Lipinski definition) is 3. The minimum atomic E-state index is -0.590. The van der Waals surface area contributed by atoms with Gasteiger partial charge in [-0.15, -0.1) is 12.3 Å². The minimum Gasteiger partial charge on any atom is -0.377 e. The third kappa shape index (κ3) is 6.50. The molecular weight excluding hydrogens is 512 g/mol. The molecule has 7 atom stereocenters. The number of rotatable bonds is 15. The molecular formula is C26H36N4O7S. The maximum Gasteiger partial charge on any atom is 0.315 e. The zero-order valence-corrected chi connectivity index (χ0v) is 22.2. The molecule has 0 radical (unpaired) electrons. The molecule has 0 bridgehead atoms. The first-order chi connectivity index (χ1) is 18.4. The minimum absolute atomic E-state index is 0.0678. The van der Waals surface area contributed by atoms with Crippen LogP contribution in [0.15, 0.2) is 31.0 Å². The first-order valence-electron chi connectivity index (χ1n) is 13.0. The van der Waals surface area contributed by atoms with Crippen molar-refractivity contribution in [2.24, 2.45) is 11.8 Å². The maximum atomic E-state index is 12.8. The molecule has 4 aliphatic rings. The van der Waals surface area contributed by atoms with Crippen LogP contribution in [0.2, 0.25) is 0 Å². The number of nitrogens with zero attached hydrogens (tertiary/aromatic N) is 1. The number of carbonyl (C=O) groups is 4. The van der Waals surface area contributed by atoms with Gasteiger partial charge in [-0.3, -0.25) is 19.3 Å². The fourth-order valence-corrected chi connectivity index (χ4v) is 6.98. The molecule has 208 valence electrons. The van der Waals surface area contributed by atoms with Crippen molar-refractivity contribution in [1.82, 2.24) is 20.9 Å². The van der Waals surface area contributed by atoms with Gasteiger partial charge in [-0.1, -0.05) is 19.1 Å². The Labute approximate surface area is 226 Å². The Kier molecular flexibility index (Phi) is 10.0. The second-order valence-corrected chi connectivity index (χ2v) is 11.0. The predicted molar refractivity (Wildman–Crippen MR) is 140 cm³/mol. The van der Waals surface area contributed by atoms with Gasteiger partial charge in [-0.25, -0.2) is 4.79 Å². The van der Waals surface area contributed by atoms with Crippen molar-refractivity contribution < 1.29 is 33.4 Å². The highest BCUT2D eigenvalue weighted by Gasteiger charge is 2.58. The lowest BCUT2D eigenvalue weighted by molar-refractivity contribution is -0.143. The van der Waals surface area contributed by atoms with Gasteiger partial charge >= 0.3 is 6.03 Å². The smallest absolute Gasteiger partial charge is 0.315 e. The summed E-state index contributed by atoms with van der Waals surface area (Å²) < 4.78 is 16.6. The van der Waals surface area contributed by atoms with Crippen LogP contribution in [0, 0.1) is 11.8 Å². The molecule has 0 aliphatic carbocycles. The van der Waals surface area contributed by atoms with E-state index in [4.69, 9.17) is 14.2 Å². The first kappa shape index (κ1) is 28.4. The summed E-state index contributed by atoms with van der Waals surface area (Å²) in [5, 5.41) is 9.04. The monoisotopic (exact) mass is 548 g/mol. The van der Waals surface area contributed by atoms with Crippen LogP contribution in [-0.2, 0) is 28.6 Å². The molecule has 7 unspecified atom stereocenters. The van der Waals surface area contributed by atoms with Gasteiger partial charge in [-0.2, -0.15) is 11.8 Å². The van der Waals surface area contributed by atoms with E-state index in [0.29, 0.717) is 11.7 Å². The summed E-state index contributed by atoms with van der Waals surface area (Å²) in [7, 11) is 0. The van der Waals surface area contributed by atoms with Gasteiger partial charge in [0.05, 0.1) is 62.5 Å². The number of imide groups is 1. The van der Waals surface area contributed by atoms with Crippen LogP contribution in [-0.4, -0.2) is 97.0 Å². The quantitative estimate of drug-likeness (QED) is 0.0680. The van der Waals surface area contributed by atoms with Crippen molar-refractivity contribution in [3.63, 3.8) is 0 Å². The van der Waals surface area contributed by atoms with Gasteiger partial charge in [-0.05, 0) is 18.9 Å². The molecule has 11 nitrogen and oxygen atoms in total. The highest BCUT2D eigenvalue weighted by atomic mass is 32.2. The summed E-state index contributed by atoms with van der Waals surface area (Å²) in [6.07, 6.45) is 5.17. The number of likely N-dealkylation sites (tertiary alicyclic amines) is 1. The van der Waals surface area contributed by atoms with Crippen molar-refractivity contribution >= 4 is 35.5 Å². The van der Waals surface area contributed by atoms with Gasteiger partial charge in [0.2, 0.25) is 17.7 Å². The van der Waals surface area contributed by atoms with E-state index in [1.807, 2.05) is 11.8 Å². The molecule has 0 aromatic heterocycles.